The Labute approximate surface area is 230 Å². The first-order chi connectivity index (χ1) is 18.6. The molecule has 0 saturated carbocycles. The number of unbranched alkanes of at least 4 members (excludes halogenated alkanes) is 13. The number of hydrogen-bond donors (Lipinski definition) is 4. The SMILES string of the molecule is CCCCCCCCCCCCCCCC=CCC(CC1=NC(CO)(CO)CO1)C1=NC(CO)(CO)CO1. The van der Waals surface area contributed by atoms with Crippen molar-refractivity contribution in [2.45, 2.75) is 121 Å². The first-order valence-corrected chi connectivity index (χ1v) is 15.1. The van der Waals surface area contributed by atoms with Crippen molar-refractivity contribution in [3.05, 3.63) is 12.2 Å². The molecule has 8 heteroatoms. The van der Waals surface area contributed by atoms with E-state index in [2.05, 4.69) is 29.1 Å². The number of hydrogen-bond acceptors (Lipinski definition) is 8. The minimum atomic E-state index is -1.01. The van der Waals surface area contributed by atoms with E-state index in [0.717, 1.165) is 6.42 Å². The van der Waals surface area contributed by atoms with Crippen molar-refractivity contribution in [3.63, 3.8) is 0 Å². The van der Waals surface area contributed by atoms with E-state index in [-0.39, 0.29) is 45.6 Å². The van der Waals surface area contributed by atoms with Crippen molar-refractivity contribution in [2.24, 2.45) is 15.9 Å². The summed E-state index contributed by atoms with van der Waals surface area (Å²) in [7, 11) is 0. The number of rotatable bonds is 23. The van der Waals surface area contributed by atoms with Crippen LogP contribution in [0.2, 0.25) is 0 Å². The maximum atomic E-state index is 9.69. The third-order valence-electron chi connectivity index (χ3n) is 7.71. The molecular formula is C30H54N2O6. The number of aliphatic hydroxyl groups is 4. The number of nitrogens with zero attached hydrogens (tertiary/aromatic N) is 2. The molecule has 0 spiro atoms. The van der Waals surface area contributed by atoms with Gasteiger partial charge < -0.3 is 29.9 Å². The first kappa shape index (κ1) is 32.7. The molecule has 1 unspecified atom stereocenters. The Morgan fingerprint density at radius 1 is 0.684 bits per heavy atom. The van der Waals surface area contributed by atoms with Gasteiger partial charge >= 0.3 is 0 Å². The molecule has 38 heavy (non-hydrogen) atoms. The Balaban J connectivity index is 1.69. The summed E-state index contributed by atoms with van der Waals surface area (Å²) in [6, 6.07) is 0. The van der Waals surface area contributed by atoms with E-state index in [0.29, 0.717) is 24.6 Å². The number of ether oxygens (including phenoxy) is 2. The second-order valence-corrected chi connectivity index (χ2v) is 11.3. The van der Waals surface area contributed by atoms with Gasteiger partial charge in [-0.2, -0.15) is 0 Å². The molecule has 2 aliphatic heterocycles. The van der Waals surface area contributed by atoms with E-state index in [1.165, 1.54) is 83.5 Å². The normalized spacial score (nSPS) is 18.9. The summed E-state index contributed by atoms with van der Waals surface area (Å²) in [4.78, 5) is 8.95. The van der Waals surface area contributed by atoms with Crippen LogP contribution in [0.5, 0.6) is 0 Å². The largest absolute Gasteiger partial charge is 0.478 e. The molecule has 0 bridgehead atoms. The lowest BCUT2D eigenvalue weighted by Crippen LogP contribution is -2.37. The molecule has 220 valence electrons. The van der Waals surface area contributed by atoms with Crippen LogP contribution in [0.4, 0.5) is 0 Å². The molecule has 4 N–H and O–H groups in total. The Hall–Kier alpha value is -1.48. The van der Waals surface area contributed by atoms with Crippen LogP contribution >= 0.6 is 0 Å². The molecule has 2 aliphatic rings. The standard InChI is InChI=1S/C30H54N2O6/c1-2-3-4-5-6-7-8-9-10-11-12-13-14-15-16-17-18-26(28-32-30(22-35,23-36)25-38-28)19-27-31-29(20-33,21-34)24-37-27/h16-17,26,33-36H,2-15,18-25H2,1H3. The number of aliphatic hydroxyl groups excluding tert-OH is 4. The Bertz CT molecular complexity index is 716. The Morgan fingerprint density at radius 2 is 1.18 bits per heavy atom. The zero-order valence-electron chi connectivity index (χ0n) is 23.8. The lowest BCUT2D eigenvalue weighted by Gasteiger charge is -2.16. The predicted octanol–water partition coefficient (Wildman–Crippen LogP) is 4.72. The third kappa shape index (κ3) is 11.3. The highest BCUT2D eigenvalue weighted by Gasteiger charge is 2.40. The summed E-state index contributed by atoms with van der Waals surface area (Å²) in [5, 5.41) is 38.6. The van der Waals surface area contributed by atoms with E-state index in [1.807, 2.05) is 0 Å². The molecule has 0 saturated heterocycles. The molecule has 0 aliphatic carbocycles. The lowest BCUT2D eigenvalue weighted by molar-refractivity contribution is 0.0958. The summed E-state index contributed by atoms with van der Waals surface area (Å²) in [5.74, 6) is 0.778. The van der Waals surface area contributed by atoms with Crippen molar-refractivity contribution in [1.29, 1.82) is 0 Å². The average molecular weight is 539 g/mol. The van der Waals surface area contributed by atoms with E-state index in [4.69, 9.17) is 9.47 Å². The van der Waals surface area contributed by atoms with Crippen molar-refractivity contribution in [2.75, 3.05) is 39.6 Å². The van der Waals surface area contributed by atoms with Gasteiger partial charge in [0.2, 0.25) is 0 Å². The maximum Gasteiger partial charge on any atom is 0.188 e. The van der Waals surface area contributed by atoms with Crippen LogP contribution in [0.15, 0.2) is 22.1 Å². The minimum absolute atomic E-state index is 0.138. The fourth-order valence-corrected chi connectivity index (χ4v) is 4.93. The molecule has 0 radical (unpaired) electrons. The van der Waals surface area contributed by atoms with Gasteiger partial charge in [-0.15, -0.1) is 0 Å². The fraction of sp³-hybridized carbons (Fsp3) is 0.867. The first-order valence-electron chi connectivity index (χ1n) is 15.1. The van der Waals surface area contributed by atoms with Gasteiger partial charge in [-0.25, -0.2) is 9.98 Å². The molecule has 1 atom stereocenters. The molecular weight excluding hydrogens is 484 g/mol. The van der Waals surface area contributed by atoms with Crippen LogP contribution in [0.3, 0.4) is 0 Å². The molecule has 0 fully saturated rings. The molecule has 0 aromatic heterocycles. The van der Waals surface area contributed by atoms with Gasteiger partial charge in [0, 0.05) is 12.3 Å². The van der Waals surface area contributed by atoms with Gasteiger partial charge in [-0.3, -0.25) is 0 Å². The van der Waals surface area contributed by atoms with Crippen molar-refractivity contribution >= 4 is 11.8 Å². The summed E-state index contributed by atoms with van der Waals surface area (Å²) < 4.78 is 11.5. The van der Waals surface area contributed by atoms with E-state index in [1.54, 1.807) is 0 Å². The van der Waals surface area contributed by atoms with Crippen LogP contribution in [0.25, 0.3) is 0 Å². The van der Waals surface area contributed by atoms with Crippen molar-refractivity contribution in [1.82, 2.24) is 0 Å². The van der Waals surface area contributed by atoms with Gasteiger partial charge in [-0.1, -0.05) is 96.1 Å². The van der Waals surface area contributed by atoms with Gasteiger partial charge in [0.1, 0.15) is 24.3 Å². The monoisotopic (exact) mass is 538 g/mol. The Kier molecular flexibility index (Phi) is 16.1. The molecule has 2 rings (SSSR count). The van der Waals surface area contributed by atoms with Crippen LogP contribution in [-0.4, -0.2) is 82.9 Å². The quantitative estimate of drug-likeness (QED) is 0.110. The minimum Gasteiger partial charge on any atom is -0.478 e. The summed E-state index contributed by atoms with van der Waals surface area (Å²) >= 11 is 0. The van der Waals surface area contributed by atoms with Gasteiger partial charge in [0.05, 0.1) is 26.4 Å². The van der Waals surface area contributed by atoms with Gasteiger partial charge in [0.25, 0.3) is 0 Å². The second-order valence-electron chi connectivity index (χ2n) is 11.3. The second kappa shape index (κ2) is 18.7. The highest BCUT2D eigenvalue weighted by atomic mass is 16.5. The maximum absolute atomic E-state index is 9.69. The lowest BCUT2D eigenvalue weighted by atomic mass is 9.99. The molecule has 0 aromatic carbocycles. The van der Waals surface area contributed by atoms with Gasteiger partial charge in [-0.05, 0) is 19.3 Å². The molecule has 0 amide bonds. The van der Waals surface area contributed by atoms with Crippen LogP contribution < -0.4 is 0 Å². The highest BCUT2D eigenvalue weighted by Crippen LogP contribution is 2.28. The van der Waals surface area contributed by atoms with E-state index in [9.17, 15) is 20.4 Å². The summed E-state index contributed by atoms with van der Waals surface area (Å²) in [5.41, 5.74) is -2.01. The number of allylic oxidation sites excluding steroid dienone is 2. The fourth-order valence-electron chi connectivity index (χ4n) is 4.93. The van der Waals surface area contributed by atoms with E-state index >= 15 is 0 Å². The van der Waals surface area contributed by atoms with E-state index < -0.39 is 11.1 Å². The molecule has 2 heterocycles. The third-order valence-corrected chi connectivity index (χ3v) is 7.71. The molecule has 0 aromatic rings. The number of aliphatic imine (C=N–C) groups is 2. The average Bonchev–Trinajstić information content (AvgIpc) is 3.57. The smallest absolute Gasteiger partial charge is 0.188 e. The predicted molar refractivity (Wildman–Crippen MR) is 153 cm³/mol. The van der Waals surface area contributed by atoms with Crippen LogP contribution in [-0.2, 0) is 9.47 Å². The highest BCUT2D eigenvalue weighted by molar-refractivity contribution is 5.88. The van der Waals surface area contributed by atoms with Crippen LogP contribution in [0.1, 0.15) is 110 Å². The van der Waals surface area contributed by atoms with Crippen molar-refractivity contribution in [3.8, 4) is 0 Å². The Morgan fingerprint density at radius 3 is 1.68 bits per heavy atom. The zero-order chi connectivity index (χ0) is 27.5. The molecule has 8 nitrogen and oxygen atoms in total. The summed E-state index contributed by atoms with van der Waals surface area (Å²) in [6.45, 7) is 1.40. The zero-order valence-corrected chi connectivity index (χ0v) is 23.8. The van der Waals surface area contributed by atoms with Crippen molar-refractivity contribution < 1.29 is 29.9 Å². The van der Waals surface area contributed by atoms with Gasteiger partial charge in [0.15, 0.2) is 11.8 Å². The van der Waals surface area contributed by atoms with Crippen LogP contribution in [0, 0.1) is 5.92 Å². The topological polar surface area (TPSA) is 124 Å². The summed E-state index contributed by atoms with van der Waals surface area (Å²) in [6.07, 6.45) is 24.0.